The van der Waals surface area contributed by atoms with E-state index in [0.717, 1.165) is 32.9 Å². The van der Waals surface area contributed by atoms with E-state index in [1.807, 2.05) is 60.7 Å². The standard InChI is InChI=1S/C21H14N2O2S/c24-20(13-26-21-22-16-9-3-6-12-19(16)25-21)23-17-10-4-1-7-14(17)15-8-2-5-11-18(15)23/h1-12H,13H2. The lowest BCUT2D eigenvalue weighted by atomic mass is 10.2. The number of benzene rings is 3. The molecule has 0 aliphatic rings. The van der Waals surface area contributed by atoms with Gasteiger partial charge in [-0.1, -0.05) is 60.3 Å². The molecule has 0 N–H and O–H groups in total. The summed E-state index contributed by atoms with van der Waals surface area (Å²) in [4.78, 5) is 17.4. The Morgan fingerprint density at radius 2 is 1.50 bits per heavy atom. The summed E-state index contributed by atoms with van der Waals surface area (Å²) in [7, 11) is 0. The summed E-state index contributed by atoms with van der Waals surface area (Å²) in [6.45, 7) is 0. The second-order valence-corrected chi connectivity index (χ2v) is 6.93. The maximum Gasteiger partial charge on any atom is 0.257 e. The van der Waals surface area contributed by atoms with Crippen LogP contribution in [0.3, 0.4) is 0 Å². The minimum Gasteiger partial charge on any atom is -0.431 e. The Balaban J connectivity index is 1.51. The minimum absolute atomic E-state index is 0.00894. The van der Waals surface area contributed by atoms with Crippen molar-refractivity contribution in [2.45, 2.75) is 5.22 Å². The molecule has 0 fully saturated rings. The van der Waals surface area contributed by atoms with Gasteiger partial charge in [0, 0.05) is 10.8 Å². The highest BCUT2D eigenvalue weighted by Crippen LogP contribution is 2.30. The van der Waals surface area contributed by atoms with Gasteiger partial charge >= 0.3 is 0 Å². The van der Waals surface area contributed by atoms with Crippen molar-refractivity contribution in [2.75, 3.05) is 5.75 Å². The Kier molecular flexibility index (Phi) is 3.53. The van der Waals surface area contributed by atoms with E-state index in [1.165, 1.54) is 11.8 Å². The molecule has 2 heterocycles. The van der Waals surface area contributed by atoms with Crippen molar-refractivity contribution in [3.63, 3.8) is 0 Å². The van der Waals surface area contributed by atoms with Crippen LogP contribution in [-0.2, 0) is 0 Å². The maximum absolute atomic E-state index is 13.0. The van der Waals surface area contributed by atoms with Gasteiger partial charge in [0.05, 0.1) is 16.8 Å². The first kappa shape index (κ1) is 15.2. The molecule has 0 bridgehead atoms. The maximum atomic E-state index is 13.0. The Hall–Kier alpha value is -3.05. The lowest BCUT2D eigenvalue weighted by Crippen LogP contribution is -2.12. The summed E-state index contributed by atoms with van der Waals surface area (Å²) in [6.07, 6.45) is 0. The summed E-state index contributed by atoms with van der Waals surface area (Å²) in [5.41, 5.74) is 3.40. The summed E-state index contributed by atoms with van der Waals surface area (Å²) in [6, 6.07) is 23.6. The third-order valence-corrected chi connectivity index (χ3v) is 5.24. The molecule has 5 rings (SSSR count). The van der Waals surface area contributed by atoms with E-state index in [4.69, 9.17) is 4.42 Å². The van der Waals surface area contributed by atoms with Gasteiger partial charge in [0.25, 0.3) is 5.22 Å². The van der Waals surface area contributed by atoms with Gasteiger partial charge in [-0.3, -0.25) is 9.36 Å². The van der Waals surface area contributed by atoms with Crippen molar-refractivity contribution in [1.29, 1.82) is 0 Å². The molecule has 0 spiro atoms. The second kappa shape index (κ2) is 6.04. The van der Waals surface area contributed by atoms with Crippen LogP contribution in [0.15, 0.2) is 82.4 Å². The van der Waals surface area contributed by atoms with Gasteiger partial charge in [-0.25, -0.2) is 4.98 Å². The Bertz CT molecular complexity index is 1180. The molecule has 5 heteroatoms. The average Bonchev–Trinajstić information content (AvgIpc) is 3.25. The fraction of sp³-hybridized carbons (Fsp3) is 0.0476. The number of nitrogens with zero attached hydrogens (tertiary/aromatic N) is 2. The highest BCUT2D eigenvalue weighted by Gasteiger charge is 2.16. The van der Waals surface area contributed by atoms with Crippen LogP contribution in [0.25, 0.3) is 32.9 Å². The van der Waals surface area contributed by atoms with E-state index in [0.29, 0.717) is 5.22 Å². The highest BCUT2D eigenvalue weighted by atomic mass is 32.2. The van der Waals surface area contributed by atoms with E-state index in [9.17, 15) is 4.79 Å². The molecule has 0 atom stereocenters. The molecule has 4 nitrogen and oxygen atoms in total. The number of oxazole rings is 1. The summed E-state index contributed by atoms with van der Waals surface area (Å²) in [5.74, 6) is 0.268. The number of para-hydroxylation sites is 4. The topological polar surface area (TPSA) is 48.0 Å². The lowest BCUT2D eigenvalue weighted by Gasteiger charge is -2.04. The largest absolute Gasteiger partial charge is 0.431 e. The first-order chi connectivity index (χ1) is 12.8. The van der Waals surface area contributed by atoms with Crippen LogP contribution < -0.4 is 0 Å². The molecule has 0 aliphatic heterocycles. The molecular weight excluding hydrogens is 344 g/mol. The van der Waals surface area contributed by atoms with E-state index in [1.54, 1.807) is 4.57 Å². The van der Waals surface area contributed by atoms with Gasteiger partial charge in [0.1, 0.15) is 5.52 Å². The average molecular weight is 358 g/mol. The molecule has 0 radical (unpaired) electrons. The SMILES string of the molecule is O=C(CSc1nc2ccccc2o1)n1c2ccccc2c2ccccc21. The number of aromatic nitrogens is 2. The zero-order valence-corrected chi connectivity index (χ0v) is 14.6. The summed E-state index contributed by atoms with van der Waals surface area (Å²) < 4.78 is 7.49. The fourth-order valence-corrected chi connectivity index (χ4v) is 3.98. The molecule has 0 unspecified atom stereocenters. The quantitative estimate of drug-likeness (QED) is 0.407. The Labute approximate surface area is 153 Å². The number of thioether (sulfide) groups is 1. The van der Waals surface area contributed by atoms with Crippen LogP contribution in [0.2, 0.25) is 0 Å². The Morgan fingerprint density at radius 1 is 0.885 bits per heavy atom. The first-order valence-corrected chi connectivity index (χ1v) is 9.29. The van der Waals surface area contributed by atoms with Crippen LogP contribution in [0.4, 0.5) is 0 Å². The van der Waals surface area contributed by atoms with Crippen molar-refractivity contribution in [3.05, 3.63) is 72.8 Å². The van der Waals surface area contributed by atoms with Gasteiger partial charge < -0.3 is 4.42 Å². The zero-order chi connectivity index (χ0) is 17.5. The second-order valence-electron chi connectivity index (χ2n) is 6.00. The minimum atomic E-state index is 0.00894. The highest BCUT2D eigenvalue weighted by molar-refractivity contribution is 7.99. The number of fused-ring (bicyclic) bond motifs is 4. The first-order valence-electron chi connectivity index (χ1n) is 8.31. The smallest absolute Gasteiger partial charge is 0.257 e. The number of hydrogen-bond donors (Lipinski definition) is 0. The molecule has 26 heavy (non-hydrogen) atoms. The van der Waals surface area contributed by atoms with E-state index >= 15 is 0 Å². The van der Waals surface area contributed by atoms with Crippen molar-refractivity contribution in [2.24, 2.45) is 0 Å². The molecule has 126 valence electrons. The van der Waals surface area contributed by atoms with Crippen LogP contribution in [0.5, 0.6) is 0 Å². The predicted molar refractivity (Wildman–Crippen MR) is 105 cm³/mol. The van der Waals surface area contributed by atoms with Crippen LogP contribution in [0.1, 0.15) is 4.79 Å². The van der Waals surface area contributed by atoms with Crippen LogP contribution in [-0.4, -0.2) is 21.2 Å². The van der Waals surface area contributed by atoms with E-state index in [2.05, 4.69) is 17.1 Å². The van der Waals surface area contributed by atoms with Gasteiger partial charge in [-0.15, -0.1) is 0 Å². The van der Waals surface area contributed by atoms with Crippen LogP contribution >= 0.6 is 11.8 Å². The molecule has 2 aromatic heterocycles. The normalized spacial score (nSPS) is 11.5. The monoisotopic (exact) mass is 358 g/mol. The van der Waals surface area contributed by atoms with E-state index in [-0.39, 0.29) is 11.7 Å². The van der Waals surface area contributed by atoms with Gasteiger partial charge in [0.15, 0.2) is 5.58 Å². The van der Waals surface area contributed by atoms with Gasteiger partial charge in [-0.2, -0.15) is 0 Å². The molecule has 0 saturated carbocycles. The molecular formula is C21H14N2O2S. The van der Waals surface area contributed by atoms with Gasteiger partial charge in [0.2, 0.25) is 5.91 Å². The third-order valence-electron chi connectivity index (χ3n) is 4.42. The van der Waals surface area contributed by atoms with Crippen LogP contribution in [0, 0.1) is 0 Å². The predicted octanol–water partition coefficient (Wildman–Crippen LogP) is 5.37. The van der Waals surface area contributed by atoms with Crippen molar-refractivity contribution >= 4 is 50.6 Å². The van der Waals surface area contributed by atoms with Gasteiger partial charge in [-0.05, 0) is 24.3 Å². The number of hydrogen-bond acceptors (Lipinski definition) is 4. The number of rotatable bonds is 3. The number of carbonyl (C=O) groups is 1. The summed E-state index contributed by atoms with van der Waals surface area (Å²) in [5, 5.41) is 2.69. The van der Waals surface area contributed by atoms with Crippen molar-refractivity contribution in [3.8, 4) is 0 Å². The number of carbonyl (C=O) groups excluding carboxylic acids is 1. The molecule has 0 saturated heterocycles. The van der Waals surface area contributed by atoms with E-state index < -0.39 is 0 Å². The zero-order valence-electron chi connectivity index (χ0n) is 13.8. The fourth-order valence-electron chi connectivity index (χ4n) is 3.29. The lowest BCUT2D eigenvalue weighted by molar-refractivity contribution is 0.0951. The molecule has 5 aromatic rings. The molecule has 3 aromatic carbocycles. The summed E-state index contributed by atoms with van der Waals surface area (Å²) >= 11 is 1.32. The third kappa shape index (κ3) is 2.40. The molecule has 0 aliphatic carbocycles. The van der Waals surface area contributed by atoms with Crippen molar-refractivity contribution < 1.29 is 9.21 Å². The van der Waals surface area contributed by atoms with Crippen molar-refractivity contribution in [1.82, 2.24) is 9.55 Å². The Morgan fingerprint density at radius 3 is 2.19 bits per heavy atom. The molecule has 0 amide bonds.